The Balaban J connectivity index is 1.95. The van der Waals surface area contributed by atoms with Crippen LogP contribution in [0.2, 0.25) is 0 Å². The molecule has 0 bridgehead atoms. The van der Waals surface area contributed by atoms with Gasteiger partial charge in [0.25, 0.3) is 0 Å². The highest BCUT2D eigenvalue weighted by atomic mass is 16.5. The second-order valence-electron chi connectivity index (χ2n) is 5.43. The molecule has 1 aromatic rings. The molecular formula is C19H22N2O6. The standard InChI is InChI=1S/C19H22N2O6/c1-3-25-14-8-5-13(6-9-14)7-10-17(22)27-12-16-15(18(23)26-4-2)11-20-19(24)21-16/h5-10H,3-4,11-12H2,1-2H3,(H2,20,21,24)/b10-7+. The zero-order valence-corrected chi connectivity index (χ0v) is 15.2. The lowest BCUT2D eigenvalue weighted by Crippen LogP contribution is -2.45. The molecule has 1 aliphatic heterocycles. The highest BCUT2D eigenvalue weighted by molar-refractivity contribution is 5.94. The molecule has 1 aliphatic rings. The van der Waals surface area contributed by atoms with E-state index in [0.717, 1.165) is 11.3 Å². The first-order valence-electron chi connectivity index (χ1n) is 8.55. The minimum atomic E-state index is -0.604. The molecule has 1 heterocycles. The first-order chi connectivity index (χ1) is 13.0. The topological polar surface area (TPSA) is 103 Å². The van der Waals surface area contributed by atoms with E-state index in [1.807, 2.05) is 19.1 Å². The highest BCUT2D eigenvalue weighted by Gasteiger charge is 2.24. The van der Waals surface area contributed by atoms with E-state index in [-0.39, 0.29) is 31.0 Å². The number of carbonyl (C=O) groups is 3. The van der Waals surface area contributed by atoms with Crippen molar-refractivity contribution in [2.75, 3.05) is 26.4 Å². The summed E-state index contributed by atoms with van der Waals surface area (Å²) in [7, 11) is 0. The van der Waals surface area contributed by atoms with Crippen molar-refractivity contribution < 1.29 is 28.6 Å². The van der Waals surface area contributed by atoms with E-state index >= 15 is 0 Å². The average molecular weight is 374 g/mol. The quantitative estimate of drug-likeness (QED) is 0.531. The number of hydrogen-bond donors (Lipinski definition) is 2. The SMILES string of the molecule is CCOC(=O)C1=C(COC(=O)/C=C/c2ccc(OCC)cc2)NC(=O)NC1. The maximum absolute atomic E-state index is 11.9. The molecule has 0 unspecified atom stereocenters. The number of esters is 2. The summed E-state index contributed by atoms with van der Waals surface area (Å²) in [6.45, 7) is 4.13. The van der Waals surface area contributed by atoms with Crippen LogP contribution in [0.15, 0.2) is 41.6 Å². The summed E-state index contributed by atoms with van der Waals surface area (Å²) in [5, 5.41) is 4.94. The fourth-order valence-electron chi connectivity index (χ4n) is 2.27. The number of ether oxygens (including phenoxy) is 3. The Morgan fingerprint density at radius 2 is 1.85 bits per heavy atom. The van der Waals surface area contributed by atoms with Gasteiger partial charge in [0, 0.05) is 6.08 Å². The normalized spacial score (nSPS) is 13.8. The zero-order chi connectivity index (χ0) is 19.6. The van der Waals surface area contributed by atoms with E-state index in [9.17, 15) is 14.4 Å². The predicted octanol–water partition coefficient (Wildman–Crippen LogP) is 1.77. The van der Waals surface area contributed by atoms with Crippen molar-refractivity contribution in [3.8, 4) is 5.75 Å². The van der Waals surface area contributed by atoms with Crippen LogP contribution in [0.25, 0.3) is 6.08 Å². The van der Waals surface area contributed by atoms with Crippen molar-refractivity contribution in [1.29, 1.82) is 0 Å². The van der Waals surface area contributed by atoms with Crippen LogP contribution < -0.4 is 15.4 Å². The first-order valence-corrected chi connectivity index (χ1v) is 8.55. The summed E-state index contributed by atoms with van der Waals surface area (Å²) in [6, 6.07) is 6.75. The molecule has 0 atom stereocenters. The van der Waals surface area contributed by atoms with Crippen LogP contribution >= 0.6 is 0 Å². The molecule has 144 valence electrons. The summed E-state index contributed by atoms with van der Waals surface area (Å²) in [5.41, 5.74) is 1.23. The number of benzene rings is 1. The van der Waals surface area contributed by atoms with Gasteiger partial charge in [-0.05, 0) is 37.6 Å². The summed E-state index contributed by atoms with van der Waals surface area (Å²) in [6.07, 6.45) is 2.86. The molecule has 0 spiro atoms. The molecule has 2 amide bonds. The van der Waals surface area contributed by atoms with Crippen LogP contribution in [0, 0.1) is 0 Å². The van der Waals surface area contributed by atoms with Gasteiger partial charge in [-0.15, -0.1) is 0 Å². The van der Waals surface area contributed by atoms with E-state index in [4.69, 9.17) is 14.2 Å². The van der Waals surface area contributed by atoms with Crippen molar-refractivity contribution in [2.24, 2.45) is 0 Å². The number of rotatable bonds is 8. The van der Waals surface area contributed by atoms with Crippen molar-refractivity contribution >= 4 is 24.0 Å². The van der Waals surface area contributed by atoms with Gasteiger partial charge in [-0.1, -0.05) is 12.1 Å². The van der Waals surface area contributed by atoms with E-state index in [1.54, 1.807) is 25.1 Å². The number of nitrogens with one attached hydrogen (secondary N) is 2. The lowest BCUT2D eigenvalue weighted by atomic mass is 10.1. The van der Waals surface area contributed by atoms with Gasteiger partial charge in [-0.2, -0.15) is 0 Å². The molecule has 2 rings (SSSR count). The average Bonchev–Trinajstić information content (AvgIpc) is 2.66. The maximum Gasteiger partial charge on any atom is 0.337 e. The van der Waals surface area contributed by atoms with Crippen molar-refractivity contribution in [3.05, 3.63) is 47.2 Å². The summed E-state index contributed by atoms with van der Waals surface area (Å²) >= 11 is 0. The molecule has 27 heavy (non-hydrogen) atoms. The monoisotopic (exact) mass is 374 g/mol. The minimum Gasteiger partial charge on any atom is -0.494 e. The molecule has 0 saturated heterocycles. The fourth-order valence-corrected chi connectivity index (χ4v) is 2.27. The van der Waals surface area contributed by atoms with Crippen molar-refractivity contribution in [2.45, 2.75) is 13.8 Å². The Morgan fingerprint density at radius 1 is 1.11 bits per heavy atom. The van der Waals surface area contributed by atoms with Crippen LogP contribution in [0.3, 0.4) is 0 Å². The molecule has 0 aliphatic carbocycles. The molecule has 1 aromatic carbocycles. The summed E-state index contributed by atoms with van der Waals surface area (Å²) in [5.74, 6) is -0.425. The molecule has 0 radical (unpaired) electrons. The van der Waals surface area contributed by atoms with E-state index in [0.29, 0.717) is 6.61 Å². The van der Waals surface area contributed by atoms with Crippen molar-refractivity contribution in [3.63, 3.8) is 0 Å². The lowest BCUT2D eigenvalue weighted by molar-refractivity contribution is -0.140. The molecule has 8 nitrogen and oxygen atoms in total. The van der Waals surface area contributed by atoms with Crippen LogP contribution in [-0.2, 0) is 19.1 Å². The third-order valence-corrected chi connectivity index (χ3v) is 3.54. The number of urea groups is 1. The smallest absolute Gasteiger partial charge is 0.337 e. The van der Waals surface area contributed by atoms with Gasteiger partial charge in [0.05, 0.1) is 31.0 Å². The van der Waals surface area contributed by atoms with Gasteiger partial charge < -0.3 is 24.8 Å². The largest absolute Gasteiger partial charge is 0.494 e. The summed E-state index contributed by atoms with van der Waals surface area (Å²) in [4.78, 5) is 35.3. The van der Waals surface area contributed by atoms with Gasteiger partial charge in [0.2, 0.25) is 0 Å². The Labute approximate surface area is 157 Å². The Bertz CT molecular complexity index is 752. The molecule has 8 heteroatoms. The van der Waals surface area contributed by atoms with Gasteiger partial charge >= 0.3 is 18.0 Å². The number of amides is 2. The van der Waals surface area contributed by atoms with Crippen LogP contribution in [0.4, 0.5) is 4.79 Å². The molecule has 0 aromatic heterocycles. The molecule has 2 N–H and O–H groups in total. The van der Waals surface area contributed by atoms with Gasteiger partial charge in [0.1, 0.15) is 12.4 Å². The maximum atomic E-state index is 11.9. The Morgan fingerprint density at radius 3 is 2.52 bits per heavy atom. The second-order valence-corrected chi connectivity index (χ2v) is 5.43. The summed E-state index contributed by atoms with van der Waals surface area (Å²) < 4.78 is 15.4. The first kappa shape index (κ1) is 20.0. The van der Waals surface area contributed by atoms with Gasteiger partial charge in [-0.3, -0.25) is 0 Å². The predicted molar refractivity (Wildman–Crippen MR) is 97.8 cm³/mol. The second kappa shape index (κ2) is 10.0. The highest BCUT2D eigenvalue weighted by Crippen LogP contribution is 2.13. The number of carbonyl (C=O) groups excluding carboxylic acids is 3. The Hall–Kier alpha value is -3.29. The Kier molecular flexibility index (Phi) is 7.42. The van der Waals surface area contributed by atoms with E-state index < -0.39 is 18.0 Å². The molecular weight excluding hydrogens is 352 g/mol. The van der Waals surface area contributed by atoms with Gasteiger partial charge in [0.15, 0.2) is 0 Å². The van der Waals surface area contributed by atoms with E-state index in [1.165, 1.54) is 6.08 Å². The lowest BCUT2D eigenvalue weighted by Gasteiger charge is -2.20. The fraction of sp³-hybridized carbons (Fsp3) is 0.316. The molecule has 0 saturated carbocycles. The minimum absolute atomic E-state index is 0.0135. The van der Waals surface area contributed by atoms with Crippen LogP contribution in [0.1, 0.15) is 19.4 Å². The third kappa shape index (κ3) is 6.18. The third-order valence-electron chi connectivity index (χ3n) is 3.54. The van der Waals surface area contributed by atoms with E-state index in [2.05, 4.69) is 10.6 Å². The van der Waals surface area contributed by atoms with Crippen molar-refractivity contribution in [1.82, 2.24) is 10.6 Å². The zero-order valence-electron chi connectivity index (χ0n) is 15.2. The van der Waals surface area contributed by atoms with Crippen LogP contribution in [-0.4, -0.2) is 44.3 Å². The number of hydrogen-bond acceptors (Lipinski definition) is 6. The molecule has 0 fully saturated rings. The van der Waals surface area contributed by atoms with Crippen LogP contribution in [0.5, 0.6) is 5.75 Å². The van der Waals surface area contributed by atoms with Gasteiger partial charge in [-0.25, -0.2) is 14.4 Å².